The fourth-order valence-corrected chi connectivity index (χ4v) is 3.30. The maximum atomic E-state index is 12.8. The summed E-state index contributed by atoms with van der Waals surface area (Å²) in [4.78, 5) is 31.9. The van der Waals surface area contributed by atoms with Gasteiger partial charge in [-0.2, -0.15) is 0 Å². The number of rotatable bonds is 7. The lowest BCUT2D eigenvalue weighted by Crippen LogP contribution is -2.39. The van der Waals surface area contributed by atoms with Crippen molar-refractivity contribution in [1.29, 1.82) is 0 Å². The second-order valence-electron chi connectivity index (χ2n) is 6.24. The number of halogens is 1. The van der Waals surface area contributed by atoms with Gasteiger partial charge in [0.05, 0.1) is 0 Å². The van der Waals surface area contributed by atoms with E-state index in [0.717, 1.165) is 15.8 Å². The van der Waals surface area contributed by atoms with Crippen LogP contribution >= 0.6 is 27.3 Å². The highest BCUT2D eigenvalue weighted by molar-refractivity contribution is 9.10. The summed E-state index contributed by atoms with van der Waals surface area (Å²) in [6.45, 7) is 6.67. The van der Waals surface area contributed by atoms with Crippen LogP contribution in [0.5, 0.6) is 0 Å². The van der Waals surface area contributed by atoms with Crippen molar-refractivity contribution in [2.45, 2.75) is 27.2 Å². The molecule has 2 amide bonds. The van der Waals surface area contributed by atoms with Crippen LogP contribution in [0.3, 0.4) is 0 Å². The van der Waals surface area contributed by atoms with Crippen molar-refractivity contribution in [2.24, 2.45) is 5.92 Å². The van der Waals surface area contributed by atoms with Gasteiger partial charge in [0, 0.05) is 27.7 Å². The monoisotopic (exact) mass is 423 g/mol. The van der Waals surface area contributed by atoms with Gasteiger partial charge in [-0.1, -0.05) is 35.8 Å². The molecule has 1 N–H and O–H groups in total. The Kier molecular flexibility index (Phi) is 7.13. The van der Waals surface area contributed by atoms with Gasteiger partial charge < -0.3 is 10.2 Å². The van der Waals surface area contributed by atoms with Crippen LogP contribution in [0, 0.1) is 12.8 Å². The normalized spacial score (nSPS) is 10.8. The Bertz CT molecular complexity index is 745. The highest BCUT2D eigenvalue weighted by Crippen LogP contribution is 2.17. The third-order valence-corrected chi connectivity index (χ3v) is 4.86. The molecule has 0 aliphatic rings. The SMILES string of the molecule is Cc1cnc(NC(=O)CN(CCC(C)C)C(=O)c2cccc(Br)c2)s1. The number of aryl methyl sites for hydroxylation is 1. The lowest BCUT2D eigenvalue weighted by molar-refractivity contribution is -0.116. The molecule has 1 aromatic carbocycles. The van der Waals surface area contributed by atoms with Crippen molar-refractivity contribution in [3.63, 3.8) is 0 Å². The second kappa shape index (κ2) is 9.10. The molecular weight excluding hydrogens is 402 g/mol. The van der Waals surface area contributed by atoms with E-state index in [4.69, 9.17) is 0 Å². The van der Waals surface area contributed by atoms with Crippen molar-refractivity contribution in [1.82, 2.24) is 9.88 Å². The summed E-state index contributed by atoms with van der Waals surface area (Å²) in [7, 11) is 0. The zero-order valence-electron chi connectivity index (χ0n) is 14.6. The number of benzene rings is 1. The molecule has 0 unspecified atom stereocenters. The predicted molar refractivity (Wildman–Crippen MR) is 105 cm³/mol. The van der Waals surface area contributed by atoms with Gasteiger partial charge in [-0.25, -0.2) is 4.98 Å². The van der Waals surface area contributed by atoms with E-state index in [2.05, 4.69) is 40.1 Å². The average molecular weight is 424 g/mol. The number of amides is 2. The van der Waals surface area contributed by atoms with Crippen LogP contribution < -0.4 is 5.32 Å². The van der Waals surface area contributed by atoms with Gasteiger partial charge in [-0.05, 0) is 37.5 Å². The van der Waals surface area contributed by atoms with Crippen molar-refractivity contribution in [3.05, 3.63) is 45.4 Å². The highest BCUT2D eigenvalue weighted by Gasteiger charge is 2.20. The molecule has 0 saturated carbocycles. The molecule has 0 aliphatic heterocycles. The summed E-state index contributed by atoms with van der Waals surface area (Å²) in [6.07, 6.45) is 2.55. The standard InChI is InChI=1S/C18H22BrN3O2S/c1-12(2)7-8-22(17(24)14-5-4-6-15(19)9-14)11-16(23)21-18-20-10-13(3)25-18/h4-6,9-10,12H,7-8,11H2,1-3H3,(H,20,21,23). The molecule has 0 saturated heterocycles. The van der Waals surface area contributed by atoms with Crippen LogP contribution in [0.2, 0.25) is 0 Å². The molecule has 0 bridgehead atoms. The number of thiazole rings is 1. The van der Waals surface area contributed by atoms with E-state index in [1.165, 1.54) is 11.3 Å². The van der Waals surface area contributed by atoms with Gasteiger partial charge in [0.2, 0.25) is 5.91 Å². The molecule has 0 aliphatic carbocycles. The predicted octanol–water partition coefficient (Wildman–Crippen LogP) is 4.34. The van der Waals surface area contributed by atoms with Crippen molar-refractivity contribution < 1.29 is 9.59 Å². The first-order valence-corrected chi connectivity index (χ1v) is 9.73. The lowest BCUT2D eigenvalue weighted by atomic mass is 10.1. The van der Waals surface area contributed by atoms with Crippen LogP contribution in [-0.4, -0.2) is 34.8 Å². The molecule has 0 atom stereocenters. The third kappa shape index (κ3) is 6.25. The number of anilines is 1. The minimum Gasteiger partial charge on any atom is -0.329 e. The average Bonchev–Trinajstić information content (AvgIpc) is 2.95. The fraction of sp³-hybridized carbons (Fsp3) is 0.389. The maximum Gasteiger partial charge on any atom is 0.254 e. The Morgan fingerprint density at radius 2 is 2.12 bits per heavy atom. The number of carbonyl (C=O) groups excluding carboxylic acids is 2. The van der Waals surface area contributed by atoms with E-state index in [1.54, 1.807) is 23.2 Å². The zero-order valence-corrected chi connectivity index (χ0v) is 17.0. The first kappa shape index (κ1) is 19.6. The Balaban J connectivity index is 2.08. The van der Waals surface area contributed by atoms with E-state index >= 15 is 0 Å². The molecule has 134 valence electrons. The van der Waals surface area contributed by atoms with E-state index in [0.29, 0.717) is 23.2 Å². The molecule has 1 aromatic heterocycles. The Labute approximate surface area is 160 Å². The summed E-state index contributed by atoms with van der Waals surface area (Å²) in [5.41, 5.74) is 0.566. The molecule has 1 heterocycles. The van der Waals surface area contributed by atoms with Crippen molar-refractivity contribution in [2.75, 3.05) is 18.4 Å². The number of hydrogen-bond donors (Lipinski definition) is 1. The second-order valence-corrected chi connectivity index (χ2v) is 8.39. The topological polar surface area (TPSA) is 62.3 Å². The summed E-state index contributed by atoms with van der Waals surface area (Å²) in [6, 6.07) is 7.22. The van der Waals surface area contributed by atoms with Gasteiger partial charge in [0.15, 0.2) is 5.13 Å². The quantitative estimate of drug-likeness (QED) is 0.719. The van der Waals surface area contributed by atoms with Crippen molar-refractivity contribution in [3.8, 4) is 0 Å². The first-order valence-electron chi connectivity index (χ1n) is 8.12. The minimum absolute atomic E-state index is 0.0106. The molecule has 2 aromatic rings. The Hall–Kier alpha value is -1.73. The first-order chi connectivity index (χ1) is 11.8. The van der Waals surface area contributed by atoms with Crippen LogP contribution in [0.25, 0.3) is 0 Å². The third-order valence-electron chi connectivity index (χ3n) is 3.54. The highest BCUT2D eigenvalue weighted by atomic mass is 79.9. The van der Waals surface area contributed by atoms with Crippen LogP contribution in [0.4, 0.5) is 5.13 Å². The molecule has 7 heteroatoms. The van der Waals surface area contributed by atoms with Crippen molar-refractivity contribution >= 4 is 44.2 Å². The number of hydrogen-bond acceptors (Lipinski definition) is 4. The van der Waals surface area contributed by atoms with Gasteiger partial charge in [-0.15, -0.1) is 11.3 Å². The summed E-state index contributed by atoms with van der Waals surface area (Å²) < 4.78 is 0.838. The maximum absolute atomic E-state index is 12.8. The Morgan fingerprint density at radius 3 is 2.72 bits per heavy atom. The van der Waals surface area contributed by atoms with Crippen LogP contribution in [-0.2, 0) is 4.79 Å². The molecule has 0 spiro atoms. The van der Waals surface area contributed by atoms with E-state index < -0.39 is 0 Å². The largest absolute Gasteiger partial charge is 0.329 e. The minimum atomic E-state index is -0.235. The molecular formula is C18H22BrN3O2S. The smallest absolute Gasteiger partial charge is 0.254 e. The van der Waals surface area contributed by atoms with E-state index in [9.17, 15) is 9.59 Å². The molecule has 25 heavy (non-hydrogen) atoms. The van der Waals surface area contributed by atoms with E-state index in [1.807, 2.05) is 19.1 Å². The van der Waals surface area contributed by atoms with Crippen LogP contribution in [0.1, 0.15) is 35.5 Å². The molecule has 2 rings (SSSR count). The molecule has 5 nitrogen and oxygen atoms in total. The number of carbonyl (C=O) groups is 2. The Morgan fingerprint density at radius 1 is 1.36 bits per heavy atom. The molecule has 0 fully saturated rings. The van der Waals surface area contributed by atoms with Crippen LogP contribution in [0.15, 0.2) is 34.9 Å². The number of nitrogens with one attached hydrogen (secondary N) is 1. The van der Waals surface area contributed by atoms with Gasteiger partial charge in [0.1, 0.15) is 6.54 Å². The molecule has 0 radical (unpaired) electrons. The number of aromatic nitrogens is 1. The van der Waals surface area contributed by atoms with Gasteiger partial charge >= 0.3 is 0 Å². The van der Waals surface area contributed by atoms with E-state index in [-0.39, 0.29) is 18.4 Å². The van der Waals surface area contributed by atoms with Gasteiger partial charge in [-0.3, -0.25) is 9.59 Å². The lowest BCUT2D eigenvalue weighted by Gasteiger charge is -2.23. The van der Waals surface area contributed by atoms with Gasteiger partial charge in [0.25, 0.3) is 5.91 Å². The number of nitrogens with zero attached hydrogens (tertiary/aromatic N) is 2. The summed E-state index contributed by atoms with van der Waals surface area (Å²) >= 11 is 4.80. The summed E-state index contributed by atoms with van der Waals surface area (Å²) in [5.74, 6) is 0.0661. The fourth-order valence-electron chi connectivity index (χ4n) is 2.22. The summed E-state index contributed by atoms with van der Waals surface area (Å²) in [5, 5.41) is 3.32. The zero-order chi connectivity index (χ0) is 18.4.